The Morgan fingerprint density at radius 1 is 1.26 bits per heavy atom. The van der Waals surface area contributed by atoms with E-state index in [9.17, 15) is 22.0 Å². The molecule has 2 aromatic heterocycles. The predicted octanol–water partition coefficient (Wildman–Crippen LogP) is 2.79. The van der Waals surface area contributed by atoms with Gasteiger partial charge in [-0.2, -0.15) is 15.3 Å². The topological polar surface area (TPSA) is 110 Å². The summed E-state index contributed by atoms with van der Waals surface area (Å²) in [5.74, 6) is -0.205. The minimum atomic E-state index is -4.00. The standard InChI is InChI=1S/C19H24F2N6O3S/c1-26-12-15(16(25-26)17(20)21)31(29,30)19(6-2-7-19)13-4-9-27(10-5-13)18(28)24-14-3-8-22-23-11-14/h3,8,11-13,17H,2,4-7,9-10H2,1H3,(H,22,24,28). The average Bonchev–Trinajstić information content (AvgIpc) is 3.11. The molecule has 3 heterocycles. The lowest BCUT2D eigenvalue weighted by Gasteiger charge is -2.49. The van der Waals surface area contributed by atoms with Crippen molar-refractivity contribution in [2.24, 2.45) is 13.0 Å². The molecule has 1 aliphatic carbocycles. The van der Waals surface area contributed by atoms with E-state index >= 15 is 0 Å². The van der Waals surface area contributed by atoms with Gasteiger partial charge in [-0.3, -0.25) is 4.68 Å². The van der Waals surface area contributed by atoms with Gasteiger partial charge in [-0.05, 0) is 37.7 Å². The fourth-order valence-corrected chi connectivity index (χ4v) is 7.29. The van der Waals surface area contributed by atoms with Crippen LogP contribution in [0.4, 0.5) is 19.3 Å². The number of carbonyl (C=O) groups is 1. The number of amides is 2. The molecule has 1 saturated carbocycles. The summed E-state index contributed by atoms with van der Waals surface area (Å²) in [7, 11) is -2.56. The Balaban J connectivity index is 1.50. The normalized spacial score (nSPS) is 19.3. The molecule has 168 valence electrons. The van der Waals surface area contributed by atoms with Crippen molar-refractivity contribution >= 4 is 21.6 Å². The third-order valence-electron chi connectivity index (χ3n) is 6.42. The fraction of sp³-hybridized carbons (Fsp3) is 0.579. The van der Waals surface area contributed by atoms with Crippen LogP contribution < -0.4 is 5.32 Å². The van der Waals surface area contributed by atoms with Crippen molar-refractivity contribution in [3.63, 3.8) is 0 Å². The Morgan fingerprint density at radius 2 is 1.97 bits per heavy atom. The van der Waals surface area contributed by atoms with Crippen LogP contribution in [-0.2, 0) is 16.9 Å². The number of rotatable bonds is 5. The monoisotopic (exact) mass is 454 g/mol. The summed E-state index contributed by atoms with van der Waals surface area (Å²) in [6.07, 6.45) is 3.72. The van der Waals surface area contributed by atoms with Crippen LogP contribution in [0.15, 0.2) is 29.6 Å². The van der Waals surface area contributed by atoms with Gasteiger partial charge in [0.05, 0.1) is 22.8 Å². The number of likely N-dealkylation sites (tertiary alicyclic amines) is 1. The Bertz CT molecular complexity index is 1050. The Hall–Kier alpha value is -2.63. The van der Waals surface area contributed by atoms with Crippen LogP contribution in [0.2, 0.25) is 0 Å². The zero-order valence-electron chi connectivity index (χ0n) is 17.0. The van der Waals surface area contributed by atoms with E-state index in [0.29, 0.717) is 44.5 Å². The summed E-state index contributed by atoms with van der Waals surface area (Å²) in [4.78, 5) is 13.8. The molecule has 1 saturated heterocycles. The highest BCUT2D eigenvalue weighted by atomic mass is 32.2. The highest BCUT2D eigenvalue weighted by molar-refractivity contribution is 7.93. The van der Waals surface area contributed by atoms with E-state index in [1.807, 2.05) is 0 Å². The quantitative estimate of drug-likeness (QED) is 0.744. The van der Waals surface area contributed by atoms with E-state index in [2.05, 4.69) is 20.6 Å². The summed E-state index contributed by atoms with van der Waals surface area (Å²) in [5.41, 5.74) is -0.159. The van der Waals surface area contributed by atoms with E-state index in [4.69, 9.17) is 0 Å². The van der Waals surface area contributed by atoms with Crippen LogP contribution >= 0.6 is 0 Å². The maximum absolute atomic E-state index is 13.5. The molecule has 0 spiro atoms. The zero-order chi connectivity index (χ0) is 22.2. The van der Waals surface area contributed by atoms with Gasteiger partial charge in [-0.25, -0.2) is 22.0 Å². The highest BCUT2D eigenvalue weighted by Gasteiger charge is 2.56. The molecule has 2 amide bonds. The summed E-state index contributed by atoms with van der Waals surface area (Å²) in [6.45, 7) is 0.780. The van der Waals surface area contributed by atoms with Crippen molar-refractivity contribution < 1.29 is 22.0 Å². The van der Waals surface area contributed by atoms with Crippen LogP contribution in [0.25, 0.3) is 0 Å². The molecule has 31 heavy (non-hydrogen) atoms. The third-order valence-corrected chi connectivity index (χ3v) is 9.12. The molecule has 9 nitrogen and oxygen atoms in total. The van der Waals surface area contributed by atoms with Crippen molar-refractivity contribution in [2.75, 3.05) is 18.4 Å². The number of aromatic nitrogens is 4. The van der Waals surface area contributed by atoms with Crippen LogP contribution in [0, 0.1) is 5.92 Å². The molecule has 1 N–H and O–H groups in total. The van der Waals surface area contributed by atoms with Gasteiger partial charge in [-0.1, -0.05) is 6.42 Å². The van der Waals surface area contributed by atoms with E-state index in [1.54, 1.807) is 11.0 Å². The summed E-state index contributed by atoms with van der Waals surface area (Å²) in [5, 5.41) is 13.8. The lowest BCUT2D eigenvalue weighted by Crippen LogP contribution is -2.55. The number of urea groups is 1. The first kappa shape index (κ1) is 21.6. The number of nitrogens with one attached hydrogen (secondary N) is 1. The molecular formula is C19H24F2N6O3S. The summed E-state index contributed by atoms with van der Waals surface area (Å²) >= 11 is 0. The maximum Gasteiger partial charge on any atom is 0.321 e. The van der Waals surface area contributed by atoms with Crippen LogP contribution in [-0.4, -0.2) is 57.2 Å². The van der Waals surface area contributed by atoms with Crippen molar-refractivity contribution in [3.05, 3.63) is 30.4 Å². The van der Waals surface area contributed by atoms with E-state index in [-0.39, 0.29) is 16.8 Å². The van der Waals surface area contributed by atoms with E-state index in [0.717, 1.165) is 11.1 Å². The number of halogens is 2. The Labute approximate surface area is 178 Å². The van der Waals surface area contributed by atoms with E-state index < -0.39 is 26.7 Å². The van der Waals surface area contributed by atoms with Crippen LogP contribution in [0.5, 0.6) is 0 Å². The largest absolute Gasteiger partial charge is 0.325 e. The predicted molar refractivity (Wildman–Crippen MR) is 107 cm³/mol. The van der Waals surface area contributed by atoms with Crippen molar-refractivity contribution in [3.8, 4) is 0 Å². The molecule has 0 unspecified atom stereocenters. The SMILES string of the molecule is Cn1cc(S(=O)(=O)C2(C3CCN(C(=O)Nc4ccnnc4)CC3)CCC2)c(C(F)F)n1. The van der Waals surface area contributed by atoms with Gasteiger partial charge >= 0.3 is 6.03 Å². The molecule has 0 bridgehead atoms. The number of alkyl halides is 2. The number of aryl methyl sites for hydroxylation is 1. The minimum Gasteiger partial charge on any atom is -0.325 e. The number of anilines is 1. The number of sulfone groups is 1. The van der Waals surface area contributed by atoms with Gasteiger partial charge < -0.3 is 10.2 Å². The lowest BCUT2D eigenvalue weighted by molar-refractivity contribution is 0.134. The smallest absolute Gasteiger partial charge is 0.321 e. The van der Waals surface area contributed by atoms with Crippen molar-refractivity contribution in [1.29, 1.82) is 0 Å². The van der Waals surface area contributed by atoms with Crippen LogP contribution in [0.1, 0.15) is 44.2 Å². The van der Waals surface area contributed by atoms with Gasteiger partial charge in [0.15, 0.2) is 9.84 Å². The Morgan fingerprint density at radius 3 is 2.52 bits per heavy atom. The second kappa shape index (κ2) is 8.13. The average molecular weight is 455 g/mol. The highest BCUT2D eigenvalue weighted by Crippen LogP contribution is 2.52. The first-order valence-corrected chi connectivity index (χ1v) is 11.6. The molecule has 0 aromatic carbocycles. The molecule has 0 radical (unpaired) electrons. The molecule has 2 fully saturated rings. The third kappa shape index (κ3) is 3.77. The fourth-order valence-electron chi connectivity index (χ4n) is 4.66. The zero-order valence-corrected chi connectivity index (χ0v) is 17.9. The molecule has 0 atom stereocenters. The van der Waals surface area contributed by atoms with Gasteiger partial charge in [0, 0.05) is 26.3 Å². The molecule has 2 aliphatic rings. The first-order valence-electron chi connectivity index (χ1n) is 10.1. The number of piperidine rings is 1. The molecule has 1 aliphatic heterocycles. The molecule has 4 rings (SSSR count). The summed E-state index contributed by atoms with van der Waals surface area (Å²) < 4.78 is 54.0. The second-order valence-electron chi connectivity index (χ2n) is 8.10. The molecule has 2 aromatic rings. The first-order chi connectivity index (χ1) is 14.7. The van der Waals surface area contributed by atoms with Crippen molar-refractivity contribution in [2.45, 2.75) is 48.2 Å². The van der Waals surface area contributed by atoms with Gasteiger partial charge in [-0.15, -0.1) is 0 Å². The van der Waals surface area contributed by atoms with Gasteiger partial charge in [0.25, 0.3) is 6.43 Å². The van der Waals surface area contributed by atoms with E-state index in [1.165, 1.54) is 25.6 Å². The number of hydrogen-bond donors (Lipinski definition) is 1. The number of nitrogens with zero attached hydrogens (tertiary/aromatic N) is 5. The number of carbonyl (C=O) groups excluding carboxylic acids is 1. The molecular weight excluding hydrogens is 430 g/mol. The molecule has 12 heteroatoms. The maximum atomic E-state index is 13.5. The number of hydrogen-bond acceptors (Lipinski definition) is 6. The minimum absolute atomic E-state index is 0.205. The second-order valence-corrected chi connectivity index (χ2v) is 10.4. The summed E-state index contributed by atoms with van der Waals surface area (Å²) in [6, 6.07) is 1.34. The van der Waals surface area contributed by atoms with Crippen molar-refractivity contribution in [1.82, 2.24) is 24.9 Å². The van der Waals surface area contributed by atoms with Crippen LogP contribution in [0.3, 0.4) is 0 Å². The van der Waals surface area contributed by atoms with Gasteiger partial charge in [0.1, 0.15) is 10.6 Å². The van der Waals surface area contributed by atoms with Gasteiger partial charge in [0.2, 0.25) is 0 Å². The Kier molecular flexibility index (Phi) is 5.67. The lowest BCUT2D eigenvalue weighted by atomic mass is 9.71.